The van der Waals surface area contributed by atoms with Crippen LogP contribution in [0.15, 0.2) is 48.5 Å². The van der Waals surface area contributed by atoms with Crippen LogP contribution < -0.4 is 10.1 Å². The van der Waals surface area contributed by atoms with Gasteiger partial charge in [-0.15, -0.1) is 0 Å². The molecule has 0 bridgehead atoms. The highest BCUT2D eigenvalue weighted by Gasteiger charge is 2.12. The van der Waals surface area contributed by atoms with Gasteiger partial charge in [-0.3, -0.25) is 0 Å². The third-order valence-electron chi connectivity index (χ3n) is 3.62. The number of rotatable bonds is 6. The molecule has 0 aliphatic heterocycles. The SMILES string of the molecule is CCCOc1cccc(CNc2ccc(C(C)(C)C)cc2)c1. The first-order chi connectivity index (χ1) is 10.5. The lowest BCUT2D eigenvalue weighted by molar-refractivity contribution is 0.317. The quantitative estimate of drug-likeness (QED) is 0.772. The van der Waals surface area contributed by atoms with Gasteiger partial charge in [0, 0.05) is 12.2 Å². The fraction of sp³-hybridized carbons (Fsp3) is 0.400. The van der Waals surface area contributed by atoms with Crippen molar-refractivity contribution in [3.05, 3.63) is 59.7 Å². The maximum Gasteiger partial charge on any atom is 0.119 e. The molecule has 0 saturated heterocycles. The Morgan fingerprint density at radius 1 is 1.00 bits per heavy atom. The highest BCUT2D eigenvalue weighted by Crippen LogP contribution is 2.23. The summed E-state index contributed by atoms with van der Waals surface area (Å²) in [6, 6.07) is 17.0. The van der Waals surface area contributed by atoms with Gasteiger partial charge in [-0.1, -0.05) is 52.0 Å². The number of hydrogen-bond donors (Lipinski definition) is 1. The molecule has 0 spiro atoms. The zero-order valence-corrected chi connectivity index (χ0v) is 14.1. The van der Waals surface area contributed by atoms with E-state index >= 15 is 0 Å². The Hall–Kier alpha value is -1.96. The van der Waals surface area contributed by atoms with E-state index in [0.717, 1.165) is 31.0 Å². The summed E-state index contributed by atoms with van der Waals surface area (Å²) in [6.07, 6.45) is 1.03. The Labute approximate surface area is 134 Å². The van der Waals surface area contributed by atoms with E-state index in [0.29, 0.717) is 0 Å². The second-order valence-electron chi connectivity index (χ2n) is 6.68. The Bertz CT molecular complexity index is 581. The van der Waals surface area contributed by atoms with Crippen LogP contribution >= 0.6 is 0 Å². The highest BCUT2D eigenvalue weighted by atomic mass is 16.5. The molecule has 0 radical (unpaired) electrons. The summed E-state index contributed by atoms with van der Waals surface area (Å²) in [7, 11) is 0. The normalized spacial score (nSPS) is 11.3. The van der Waals surface area contributed by atoms with Crippen LogP contribution in [0, 0.1) is 0 Å². The lowest BCUT2D eigenvalue weighted by Gasteiger charge is -2.19. The standard InChI is InChI=1S/C20H27NO/c1-5-13-22-19-8-6-7-16(14-19)15-21-18-11-9-17(10-12-18)20(2,3)4/h6-12,14,21H,5,13,15H2,1-4H3. The molecule has 2 nitrogen and oxygen atoms in total. The summed E-state index contributed by atoms with van der Waals surface area (Å²) < 4.78 is 5.67. The van der Waals surface area contributed by atoms with Crippen molar-refractivity contribution in [2.75, 3.05) is 11.9 Å². The van der Waals surface area contributed by atoms with Crippen LogP contribution in [0.4, 0.5) is 5.69 Å². The predicted molar refractivity (Wildman–Crippen MR) is 94.7 cm³/mol. The molecule has 2 aromatic carbocycles. The van der Waals surface area contributed by atoms with E-state index in [2.05, 4.69) is 69.4 Å². The smallest absolute Gasteiger partial charge is 0.119 e. The van der Waals surface area contributed by atoms with E-state index in [1.54, 1.807) is 0 Å². The summed E-state index contributed by atoms with van der Waals surface area (Å²) in [5.41, 5.74) is 3.93. The van der Waals surface area contributed by atoms with Crippen molar-refractivity contribution in [3.8, 4) is 5.75 Å². The van der Waals surface area contributed by atoms with Crippen molar-refractivity contribution in [2.45, 2.75) is 46.1 Å². The van der Waals surface area contributed by atoms with Crippen molar-refractivity contribution < 1.29 is 4.74 Å². The van der Waals surface area contributed by atoms with E-state index < -0.39 is 0 Å². The van der Waals surface area contributed by atoms with E-state index in [-0.39, 0.29) is 5.41 Å². The van der Waals surface area contributed by atoms with Gasteiger partial charge in [0.2, 0.25) is 0 Å². The van der Waals surface area contributed by atoms with Gasteiger partial charge >= 0.3 is 0 Å². The zero-order valence-electron chi connectivity index (χ0n) is 14.1. The summed E-state index contributed by atoms with van der Waals surface area (Å²) in [5, 5.41) is 3.47. The van der Waals surface area contributed by atoms with Crippen LogP contribution in [0.3, 0.4) is 0 Å². The van der Waals surface area contributed by atoms with Gasteiger partial charge in [0.15, 0.2) is 0 Å². The Balaban J connectivity index is 1.95. The zero-order chi connectivity index (χ0) is 16.0. The molecule has 0 fully saturated rings. The molecule has 0 unspecified atom stereocenters. The molecule has 2 aromatic rings. The Kier molecular flexibility index (Phi) is 5.48. The Morgan fingerprint density at radius 3 is 2.36 bits per heavy atom. The van der Waals surface area contributed by atoms with Gasteiger partial charge in [-0.05, 0) is 47.2 Å². The minimum Gasteiger partial charge on any atom is -0.494 e. The molecule has 22 heavy (non-hydrogen) atoms. The highest BCUT2D eigenvalue weighted by molar-refractivity contribution is 5.46. The average Bonchev–Trinajstić information content (AvgIpc) is 2.51. The monoisotopic (exact) mass is 297 g/mol. The maximum absolute atomic E-state index is 5.67. The summed E-state index contributed by atoms with van der Waals surface area (Å²) in [6.45, 7) is 10.4. The molecular weight excluding hydrogens is 270 g/mol. The fourth-order valence-corrected chi connectivity index (χ4v) is 2.26. The van der Waals surface area contributed by atoms with E-state index in [1.807, 2.05) is 12.1 Å². The second kappa shape index (κ2) is 7.35. The third-order valence-corrected chi connectivity index (χ3v) is 3.62. The number of hydrogen-bond acceptors (Lipinski definition) is 2. The van der Waals surface area contributed by atoms with Crippen LogP contribution in [0.25, 0.3) is 0 Å². The van der Waals surface area contributed by atoms with E-state index in [4.69, 9.17) is 4.74 Å². The average molecular weight is 297 g/mol. The first-order valence-corrected chi connectivity index (χ1v) is 8.05. The minimum atomic E-state index is 0.198. The molecule has 2 heteroatoms. The maximum atomic E-state index is 5.67. The molecule has 118 valence electrons. The lowest BCUT2D eigenvalue weighted by Crippen LogP contribution is -2.10. The van der Waals surface area contributed by atoms with Gasteiger partial charge in [0.1, 0.15) is 5.75 Å². The van der Waals surface area contributed by atoms with Crippen molar-refractivity contribution >= 4 is 5.69 Å². The molecular formula is C20H27NO. The molecule has 0 aromatic heterocycles. The molecule has 0 aliphatic carbocycles. The summed E-state index contributed by atoms with van der Waals surface area (Å²) in [5.74, 6) is 0.948. The fourth-order valence-electron chi connectivity index (χ4n) is 2.26. The van der Waals surface area contributed by atoms with Crippen LogP contribution in [-0.4, -0.2) is 6.61 Å². The van der Waals surface area contributed by atoms with Crippen LogP contribution in [0.1, 0.15) is 45.2 Å². The summed E-state index contributed by atoms with van der Waals surface area (Å²) in [4.78, 5) is 0. The van der Waals surface area contributed by atoms with Crippen LogP contribution in [-0.2, 0) is 12.0 Å². The molecule has 0 amide bonds. The van der Waals surface area contributed by atoms with Gasteiger partial charge in [0.05, 0.1) is 6.61 Å². The second-order valence-corrected chi connectivity index (χ2v) is 6.68. The lowest BCUT2D eigenvalue weighted by atomic mass is 9.87. The van der Waals surface area contributed by atoms with Crippen LogP contribution in [0.2, 0.25) is 0 Å². The van der Waals surface area contributed by atoms with Gasteiger partial charge in [0.25, 0.3) is 0 Å². The first kappa shape index (κ1) is 16.4. The molecule has 2 rings (SSSR count). The molecule has 0 heterocycles. The number of anilines is 1. The third kappa shape index (κ3) is 4.80. The first-order valence-electron chi connectivity index (χ1n) is 8.05. The van der Waals surface area contributed by atoms with E-state index in [1.165, 1.54) is 11.1 Å². The molecule has 0 saturated carbocycles. The van der Waals surface area contributed by atoms with Gasteiger partial charge in [-0.2, -0.15) is 0 Å². The van der Waals surface area contributed by atoms with Gasteiger partial charge < -0.3 is 10.1 Å². The predicted octanol–water partition coefficient (Wildman–Crippen LogP) is 5.39. The largest absolute Gasteiger partial charge is 0.494 e. The number of ether oxygens (including phenoxy) is 1. The molecule has 0 aliphatic rings. The van der Waals surface area contributed by atoms with Crippen LogP contribution in [0.5, 0.6) is 5.75 Å². The summed E-state index contributed by atoms with van der Waals surface area (Å²) >= 11 is 0. The number of benzene rings is 2. The van der Waals surface area contributed by atoms with E-state index in [9.17, 15) is 0 Å². The molecule has 1 N–H and O–H groups in total. The van der Waals surface area contributed by atoms with Crippen molar-refractivity contribution in [1.29, 1.82) is 0 Å². The number of nitrogens with one attached hydrogen (secondary N) is 1. The Morgan fingerprint density at radius 2 is 1.73 bits per heavy atom. The van der Waals surface area contributed by atoms with Crippen molar-refractivity contribution in [3.63, 3.8) is 0 Å². The van der Waals surface area contributed by atoms with Crippen molar-refractivity contribution in [1.82, 2.24) is 0 Å². The minimum absolute atomic E-state index is 0.198. The molecule has 0 atom stereocenters. The van der Waals surface area contributed by atoms with Gasteiger partial charge in [-0.25, -0.2) is 0 Å². The van der Waals surface area contributed by atoms with Crippen molar-refractivity contribution in [2.24, 2.45) is 0 Å². The topological polar surface area (TPSA) is 21.3 Å².